The van der Waals surface area contributed by atoms with E-state index in [1.807, 2.05) is 0 Å². The van der Waals surface area contributed by atoms with Crippen LogP contribution in [0, 0.1) is 11.3 Å². The second-order valence-electron chi connectivity index (χ2n) is 8.63. The molecule has 0 aromatic carbocycles. The summed E-state index contributed by atoms with van der Waals surface area (Å²) in [6.45, 7) is 8.88. The van der Waals surface area contributed by atoms with Crippen LogP contribution >= 0.6 is 0 Å². The van der Waals surface area contributed by atoms with Crippen LogP contribution < -0.4 is 10.6 Å². The van der Waals surface area contributed by atoms with E-state index in [1.165, 1.54) is 84.1 Å². The van der Waals surface area contributed by atoms with Gasteiger partial charge in [0.2, 0.25) is 0 Å². The van der Waals surface area contributed by atoms with Crippen molar-refractivity contribution in [3.63, 3.8) is 0 Å². The fourth-order valence-electron chi connectivity index (χ4n) is 5.06. The molecule has 0 radical (unpaired) electrons. The van der Waals surface area contributed by atoms with Gasteiger partial charge in [-0.1, -0.05) is 0 Å². The van der Waals surface area contributed by atoms with Crippen LogP contribution in [0.5, 0.6) is 0 Å². The van der Waals surface area contributed by atoms with E-state index in [9.17, 15) is 0 Å². The van der Waals surface area contributed by atoms with Crippen LogP contribution in [-0.2, 0) is 4.74 Å². The van der Waals surface area contributed by atoms with E-state index in [4.69, 9.17) is 4.74 Å². The molecular weight excluding hydrogens is 286 g/mol. The van der Waals surface area contributed by atoms with Gasteiger partial charge in [0.1, 0.15) is 0 Å². The molecule has 1 aliphatic carbocycles. The molecule has 0 aromatic heterocycles. The van der Waals surface area contributed by atoms with Gasteiger partial charge in [0.25, 0.3) is 0 Å². The van der Waals surface area contributed by atoms with Crippen LogP contribution in [0.25, 0.3) is 0 Å². The average molecular weight is 322 g/mol. The third-order valence-electron chi connectivity index (χ3n) is 6.90. The number of rotatable bonds is 4. The number of hydrogen-bond acceptors (Lipinski definition) is 4. The van der Waals surface area contributed by atoms with Gasteiger partial charge in [0.05, 0.1) is 12.2 Å². The Labute approximate surface area is 141 Å². The fourth-order valence-corrected chi connectivity index (χ4v) is 5.06. The largest absolute Gasteiger partial charge is 0.375 e. The monoisotopic (exact) mass is 321 g/mol. The highest BCUT2D eigenvalue weighted by Gasteiger charge is 2.39. The Kier molecular flexibility index (Phi) is 5.24. The third-order valence-corrected chi connectivity index (χ3v) is 6.90. The molecule has 3 heterocycles. The van der Waals surface area contributed by atoms with Gasteiger partial charge < -0.3 is 20.3 Å². The maximum Gasteiger partial charge on any atom is 0.0603 e. The van der Waals surface area contributed by atoms with E-state index < -0.39 is 0 Å². The number of nitrogens with zero attached hydrogens (tertiary/aromatic N) is 1. The molecule has 4 rings (SSSR count). The van der Waals surface area contributed by atoms with Gasteiger partial charge in [-0.25, -0.2) is 0 Å². The Morgan fingerprint density at radius 3 is 2.09 bits per heavy atom. The molecule has 1 spiro atoms. The molecule has 4 fully saturated rings. The summed E-state index contributed by atoms with van der Waals surface area (Å²) < 4.78 is 6.36. The molecule has 4 heteroatoms. The van der Waals surface area contributed by atoms with Crippen molar-refractivity contribution >= 4 is 0 Å². The summed E-state index contributed by atoms with van der Waals surface area (Å²) in [6, 6.07) is 0. The Morgan fingerprint density at radius 2 is 1.48 bits per heavy atom. The highest BCUT2D eigenvalue weighted by atomic mass is 16.5. The zero-order valence-corrected chi connectivity index (χ0v) is 14.7. The third kappa shape index (κ3) is 4.09. The molecule has 4 nitrogen and oxygen atoms in total. The molecule has 3 aliphatic heterocycles. The first-order valence-electron chi connectivity index (χ1n) is 10.1. The minimum atomic E-state index is 0.534. The van der Waals surface area contributed by atoms with Gasteiger partial charge in [0.15, 0.2) is 0 Å². The fraction of sp³-hybridized carbons (Fsp3) is 1.00. The Morgan fingerprint density at radius 1 is 0.826 bits per heavy atom. The molecule has 132 valence electrons. The first-order valence-corrected chi connectivity index (χ1v) is 10.1. The minimum absolute atomic E-state index is 0.534. The summed E-state index contributed by atoms with van der Waals surface area (Å²) in [4.78, 5) is 2.75. The zero-order chi connectivity index (χ0) is 15.5. The summed E-state index contributed by atoms with van der Waals surface area (Å²) in [5, 5.41) is 6.90. The summed E-state index contributed by atoms with van der Waals surface area (Å²) in [7, 11) is 0. The molecular formula is C19H35N3O. The quantitative estimate of drug-likeness (QED) is 0.830. The molecule has 4 aliphatic rings. The topological polar surface area (TPSA) is 36.5 Å². The van der Waals surface area contributed by atoms with Crippen molar-refractivity contribution in [2.24, 2.45) is 11.3 Å². The van der Waals surface area contributed by atoms with Crippen LogP contribution in [0.4, 0.5) is 0 Å². The molecule has 0 amide bonds. The number of hydrogen-bond donors (Lipinski definition) is 2. The van der Waals surface area contributed by atoms with Gasteiger partial charge in [-0.05, 0) is 88.9 Å². The Bertz CT molecular complexity index is 361. The lowest BCUT2D eigenvalue weighted by atomic mass is 9.73. The molecule has 0 aromatic rings. The average Bonchev–Trinajstić information content (AvgIpc) is 2.57. The highest BCUT2D eigenvalue weighted by Crippen LogP contribution is 2.36. The molecule has 23 heavy (non-hydrogen) atoms. The van der Waals surface area contributed by atoms with E-state index in [-0.39, 0.29) is 0 Å². The van der Waals surface area contributed by atoms with Crippen molar-refractivity contribution in [2.75, 3.05) is 45.8 Å². The van der Waals surface area contributed by atoms with Crippen molar-refractivity contribution in [3.8, 4) is 0 Å². The van der Waals surface area contributed by atoms with Crippen LogP contribution in [0.2, 0.25) is 0 Å². The standard InChI is InChI=1S/C19H35N3O/c1-3-17(23-18-5-9-20-10-6-18)4-2-16(1)13-22-11-7-19(8-12-22)14-21-15-19/h16-18,20-21H,1-15H2. The van der Waals surface area contributed by atoms with Gasteiger partial charge in [-0.15, -0.1) is 0 Å². The van der Waals surface area contributed by atoms with E-state index in [1.54, 1.807) is 0 Å². The molecule has 2 N–H and O–H groups in total. The highest BCUT2D eigenvalue weighted by molar-refractivity contribution is 4.96. The predicted octanol–water partition coefficient (Wildman–Crippen LogP) is 2.00. The Balaban J connectivity index is 1.14. The smallest absolute Gasteiger partial charge is 0.0603 e. The van der Waals surface area contributed by atoms with Crippen LogP contribution in [0.1, 0.15) is 51.4 Å². The lowest BCUT2D eigenvalue weighted by Crippen LogP contribution is -2.58. The summed E-state index contributed by atoms with van der Waals surface area (Å²) in [5.74, 6) is 0.927. The van der Waals surface area contributed by atoms with Crippen molar-refractivity contribution in [2.45, 2.75) is 63.6 Å². The SMILES string of the molecule is C1CC(OC2CCC(CN3CCC4(CC3)CNC4)CC2)CCN1. The first kappa shape index (κ1) is 16.3. The summed E-state index contributed by atoms with van der Waals surface area (Å²) in [6.07, 6.45) is 11.7. The first-order chi connectivity index (χ1) is 11.3. The molecule has 0 unspecified atom stereocenters. The number of piperidine rings is 2. The maximum absolute atomic E-state index is 6.36. The van der Waals surface area contributed by atoms with Crippen molar-refractivity contribution in [3.05, 3.63) is 0 Å². The maximum atomic E-state index is 6.36. The normalized spacial score (nSPS) is 36.0. The van der Waals surface area contributed by atoms with Gasteiger partial charge >= 0.3 is 0 Å². The zero-order valence-electron chi connectivity index (χ0n) is 14.7. The van der Waals surface area contributed by atoms with Gasteiger partial charge in [0, 0.05) is 19.6 Å². The lowest BCUT2D eigenvalue weighted by molar-refractivity contribution is -0.0509. The molecule has 0 bridgehead atoms. The van der Waals surface area contributed by atoms with Crippen molar-refractivity contribution < 1.29 is 4.74 Å². The number of nitrogens with one attached hydrogen (secondary N) is 2. The van der Waals surface area contributed by atoms with E-state index in [2.05, 4.69) is 15.5 Å². The minimum Gasteiger partial charge on any atom is -0.375 e. The second kappa shape index (κ2) is 7.38. The van der Waals surface area contributed by atoms with Gasteiger partial charge in [-0.3, -0.25) is 0 Å². The molecule has 0 atom stereocenters. The van der Waals surface area contributed by atoms with E-state index >= 15 is 0 Å². The summed E-state index contributed by atoms with van der Waals surface area (Å²) >= 11 is 0. The van der Waals surface area contributed by atoms with Gasteiger partial charge in [-0.2, -0.15) is 0 Å². The van der Waals surface area contributed by atoms with Crippen LogP contribution in [0.3, 0.4) is 0 Å². The molecule has 1 saturated carbocycles. The Hall–Kier alpha value is -0.160. The van der Waals surface area contributed by atoms with Crippen LogP contribution in [-0.4, -0.2) is 62.9 Å². The predicted molar refractivity (Wildman–Crippen MR) is 93.7 cm³/mol. The van der Waals surface area contributed by atoms with E-state index in [0.29, 0.717) is 17.6 Å². The second-order valence-corrected chi connectivity index (χ2v) is 8.63. The number of likely N-dealkylation sites (tertiary alicyclic amines) is 1. The van der Waals surface area contributed by atoms with Crippen LogP contribution in [0.15, 0.2) is 0 Å². The summed E-state index contributed by atoms with van der Waals surface area (Å²) in [5.41, 5.74) is 0.691. The number of ether oxygens (including phenoxy) is 1. The van der Waals surface area contributed by atoms with Crippen molar-refractivity contribution in [1.82, 2.24) is 15.5 Å². The van der Waals surface area contributed by atoms with E-state index in [0.717, 1.165) is 19.0 Å². The lowest BCUT2D eigenvalue weighted by Gasteiger charge is -2.49. The molecule has 3 saturated heterocycles. The van der Waals surface area contributed by atoms with Crippen molar-refractivity contribution in [1.29, 1.82) is 0 Å².